The molecule has 1 spiro atoms. The van der Waals surface area contributed by atoms with E-state index in [9.17, 15) is 18.3 Å². The predicted octanol–water partition coefficient (Wildman–Crippen LogP) is 0.0620. The van der Waals surface area contributed by atoms with Crippen LogP contribution in [-0.4, -0.2) is 70.6 Å². The highest BCUT2D eigenvalue weighted by molar-refractivity contribution is 7.88. The minimum Gasteiger partial charge on any atom is -0.383 e. The first-order chi connectivity index (χ1) is 11.7. The van der Waals surface area contributed by atoms with Gasteiger partial charge in [-0.25, -0.2) is 13.4 Å². The molecule has 0 aromatic carbocycles. The summed E-state index contributed by atoms with van der Waals surface area (Å²) in [4.78, 5) is 21.6. The van der Waals surface area contributed by atoms with E-state index in [0.717, 1.165) is 11.4 Å². The molecular formula is C16H26N4O4S. The van der Waals surface area contributed by atoms with Crippen molar-refractivity contribution < 1.29 is 18.3 Å². The van der Waals surface area contributed by atoms with Crippen LogP contribution >= 0.6 is 0 Å². The number of nitrogens with one attached hydrogen (secondary N) is 1. The number of fused-ring (bicyclic) bond motifs is 2. The van der Waals surface area contributed by atoms with E-state index >= 15 is 0 Å². The number of likely N-dealkylation sites (tertiary alicyclic amines) is 1. The highest BCUT2D eigenvalue weighted by Gasteiger charge is 2.50. The van der Waals surface area contributed by atoms with E-state index in [1.807, 2.05) is 0 Å². The Morgan fingerprint density at radius 1 is 1.32 bits per heavy atom. The number of hydrogen-bond donors (Lipinski definition) is 2. The summed E-state index contributed by atoms with van der Waals surface area (Å²) in [5.74, 6) is -0.433. The van der Waals surface area contributed by atoms with Gasteiger partial charge in [0.15, 0.2) is 0 Å². The van der Waals surface area contributed by atoms with Crippen molar-refractivity contribution in [1.29, 1.82) is 0 Å². The van der Waals surface area contributed by atoms with E-state index < -0.39 is 21.7 Å². The normalized spacial score (nSPS) is 22.2. The van der Waals surface area contributed by atoms with E-state index in [2.05, 4.69) is 9.97 Å². The number of carbonyl (C=O) groups excluding carboxylic acids is 1. The molecule has 0 saturated carbocycles. The van der Waals surface area contributed by atoms with Crippen molar-refractivity contribution in [2.75, 3.05) is 25.9 Å². The quantitative estimate of drug-likeness (QED) is 0.783. The SMILES string of the molecule is CC(C)C(O)C(=O)N1CCC2(CC1)c1nc[nH]c1CCN2S(C)(=O)=O. The molecule has 0 radical (unpaired) electrons. The highest BCUT2D eigenvalue weighted by Crippen LogP contribution is 2.43. The predicted molar refractivity (Wildman–Crippen MR) is 92.2 cm³/mol. The Bertz CT molecular complexity index is 750. The summed E-state index contributed by atoms with van der Waals surface area (Å²) in [6, 6.07) is 0. The zero-order valence-electron chi connectivity index (χ0n) is 14.9. The van der Waals surface area contributed by atoms with Crippen LogP contribution in [0.5, 0.6) is 0 Å². The minimum absolute atomic E-state index is 0.150. The number of nitrogens with zero attached hydrogens (tertiary/aromatic N) is 3. The van der Waals surface area contributed by atoms with Crippen molar-refractivity contribution in [3.8, 4) is 0 Å². The van der Waals surface area contributed by atoms with Gasteiger partial charge >= 0.3 is 0 Å². The zero-order chi connectivity index (χ0) is 18.4. The zero-order valence-corrected chi connectivity index (χ0v) is 15.7. The largest absolute Gasteiger partial charge is 0.383 e. The number of aromatic amines is 1. The fourth-order valence-corrected chi connectivity index (χ4v) is 5.32. The van der Waals surface area contributed by atoms with Crippen LogP contribution in [0, 0.1) is 5.92 Å². The number of rotatable bonds is 3. The number of aromatic nitrogens is 2. The maximum atomic E-state index is 12.4. The molecule has 2 N–H and O–H groups in total. The first-order valence-electron chi connectivity index (χ1n) is 8.64. The number of H-pyrrole nitrogens is 1. The number of imidazole rings is 1. The van der Waals surface area contributed by atoms with E-state index in [0.29, 0.717) is 38.9 Å². The van der Waals surface area contributed by atoms with Crippen molar-refractivity contribution in [3.63, 3.8) is 0 Å². The molecule has 140 valence electrons. The van der Waals surface area contributed by atoms with Crippen LogP contribution in [0.4, 0.5) is 0 Å². The third kappa shape index (κ3) is 3.09. The van der Waals surface area contributed by atoms with Gasteiger partial charge in [-0.2, -0.15) is 4.31 Å². The Labute approximate surface area is 148 Å². The van der Waals surface area contributed by atoms with Gasteiger partial charge in [0, 0.05) is 31.7 Å². The summed E-state index contributed by atoms with van der Waals surface area (Å²) in [5.41, 5.74) is 1.04. The van der Waals surface area contributed by atoms with E-state index in [-0.39, 0.29) is 11.8 Å². The smallest absolute Gasteiger partial charge is 0.251 e. The molecule has 1 atom stereocenters. The molecule has 2 aliphatic rings. The Kier molecular flexibility index (Phi) is 4.67. The van der Waals surface area contributed by atoms with Crippen molar-refractivity contribution >= 4 is 15.9 Å². The lowest BCUT2D eigenvalue weighted by atomic mass is 9.80. The standard InChI is InChI=1S/C16H26N4O4S/c1-11(2)13(21)15(22)19-8-5-16(6-9-19)14-12(17-10-18-14)4-7-20(16)25(3,23)24/h10-11,13,21H,4-9H2,1-3H3,(H,17,18). The molecule has 1 aromatic heterocycles. The van der Waals surface area contributed by atoms with E-state index in [1.165, 1.54) is 6.26 Å². The van der Waals surface area contributed by atoms with Gasteiger partial charge in [-0.3, -0.25) is 4.79 Å². The second kappa shape index (κ2) is 6.37. The van der Waals surface area contributed by atoms with Gasteiger partial charge in [-0.15, -0.1) is 0 Å². The summed E-state index contributed by atoms with van der Waals surface area (Å²) in [5, 5.41) is 10.0. The van der Waals surface area contributed by atoms with Crippen LogP contribution in [0.15, 0.2) is 6.33 Å². The third-order valence-corrected chi connectivity index (χ3v) is 6.72. The fourth-order valence-electron chi connectivity index (χ4n) is 4.00. The maximum Gasteiger partial charge on any atom is 0.251 e. The number of piperidine rings is 1. The maximum absolute atomic E-state index is 12.4. The van der Waals surface area contributed by atoms with Crippen molar-refractivity contribution in [2.24, 2.45) is 5.92 Å². The van der Waals surface area contributed by atoms with Gasteiger partial charge in [0.2, 0.25) is 10.0 Å². The summed E-state index contributed by atoms with van der Waals surface area (Å²) in [6.07, 6.45) is 3.39. The van der Waals surface area contributed by atoms with E-state index in [4.69, 9.17) is 0 Å². The van der Waals surface area contributed by atoms with Gasteiger partial charge in [-0.1, -0.05) is 13.8 Å². The molecule has 0 bridgehead atoms. The second-order valence-electron chi connectivity index (χ2n) is 7.36. The van der Waals surface area contributed by atoms with Crippen LogP contribution < -0.4 is 0 Å². The molecular weight excluding hydrogens is 344 g/mol. The van der Waals surface area contributed by atoms with Crippen LogP contribution in [0.1, 0.15) is 38.1 Å². The van der Waals surface area contributed by atoms with Gasteiger partial charge in [0.1, 0.15) is 6.10 Å². The molecule has 1 aromatic rings. The fraction of sp³-hybridized carbons (Fsp3) is 0.750. The van der Waals surface area contributed by atoms with Crippen molar-refractivity contribution in [1.82, 2.24) is 19.2 Å². The van der Waals surface area contributed by atoms with Crippen molar-refractivity contribution in [3.05, 3.63) is 17.7 Å². The Balaban J connectivity index is 1.88. The second-order valence-corrected chi connectivity index (χ2v) is 9.27. The monoisotopic (exact) mass is 370 g/mol. The van der Waals surface area contributed by atoms with Crippen molar-refractivity contribution in [2.45, 2.75) is 44.8 Å². The van der Waals surface area contributed by atoms with E-state index in [1.54, 1.807) is 29.4 Å². The molecule has 3 rings (SSSR count). The van der Waals surface area contributed by atoms with Gasteiger partial charge in [-0.05, 0) is 18.8 Å². The highest BCUT2D eigenvalue weighted by atomic mass is 32.2. The lowest BCUT2D eigenvalue weighted by Crippen LogP contribution is -2.59. The van der Waals surface area contributed by atoms with Crippen LogP contribution in [0.25, 0.3) is 0 Å². The molecule has 3 heterocycles. The molecule has 1 unspecified atom stereocenters. The first-order valence-corrected chi connectivity index (χ1v) is 10.5. The molecule has 2 aliphatic heterocycles. The van der Waals surface area contributed by atoms with Gasteiger partial charge < -0.3 is 15.0 Å². The summed E-state index contributed by atoms with van der Waals surface area (Å²) < 4.78 is 26.3. The molecule has 1 saturated heterocycles. The summed E-state index contributed by atoms with van der Waals surface area (Å²) >= 11 is 0. The lowest BCUT2D eigenvalue weighted by Gasteiger charge is -2.49. The average molecular weight is 370 g/mol. The Morgan fingerprint density at radius 3 is 2.52 bits per heavy atom. The first kappa shape index (κ1) is 18.3. The Morgan fingerprint density at radius 2 is 1.96 bits per heavy atom. The summed E-state index contributed by atoms with van der Waals surface area (Å²) in [7, 11) is -3.40. The van der Waals surface area contributed by atoms with Gasteiger partial charge in [0.05, 0.1) is 23.8 Å². The van der Waals surface area contributed by atoms with Crippen LogP contribution in [0.2, 0.25) is 0 Å². The number of sulfonamides is 1. The third-order valence-electron chi connectivity index (χ3n) is 5.39. The minimum atomic E-state index is -3.40. The lowest BCUT2D eigenvalue weighted by molar-refractivity contribution is -0.144. The number of aliphatic hydroxyl groups is 1. The molecule has 0 aliphatic carbocycles. The topological polar surface area (TPSA) is 107 Å². The number of hydrogen-bond acceptors (Lipinski definition) is 5. The molecule has 1 amide bonds. The molecule has 25 heavy (non-hydrogen) atoms. The Hall–Kier alpha value is -1.45. The number of carbonyl (C=O) groups is 1. The molecule has 1 fully saturated rings. The average Bonchev–Trinajstić information content (AvgIpc) is 3.03. The summed E-state index contributed by atoms with van der Waals surface area (Å²) in [6.45, 7) is 4.82. The number of aliphatic hydroxyl groups excluding tert-OH is 1. The molecule has 8 nitrogen and oxygen atoms in total. The number of amides is 1. The van der Waals surface area contributed by atoms with Gasteiger partial charge in [0.25, 0.3) is 5.91 Å². The van der Waals surface area contributed by atoms with Crippen LogP contribution in [0.3, 0.4) is 0 Å². The molecule has 9 heteroatoms. The van der Waals surface area contributed by atoms with Crippen LogP contribution in [-0.2, 0) is 26.8 Å².